The Morgan fingerprint density at radius 2 is 2.14 bits per heavy atom. The summed E-state index contributed by atoms with van der Waals surface area (Å²) >= 11 is 0. The normalized spacial score (nSPS) is 22.4. The lowest BCUT2D eigenvalue weighted by Gasteiger charge is -2.30. The lowest BCUT2D eigenvalue weighted by Crippen LogP contribution is -2.36. The molecule has 22 heavy (non-hydrogen) atoms. The minimum atomic E-state index is 0.486. The Morgan fingerprint density at radius 3 is 2.86 bits per heavy atom. The van der Waals surface area contributed by atoms with Crippen molar-refractivity contribution in [3.63, 3.8) is 0 Å². The summed E-state index contributed by atoms with van der Waals surface area (Å²) in [6, 6.07) is 5.14. The molecule has 1 unspecified atom stereocenters. The van der Waals surface area contributed by atoms with Gasteiger partial charge in [-0.15, -0.1) is 0 Å². The molecular weight excluding hydrogens is 276 g/mol. The van der Waals surface area contributed by atoms with Crippen LogP contribution in [0.2, 0.25) is 0 Å². The van der Waals surface area contributed by atoms with Crippen LogP contribution in [0.1, 0.15) is 42.5 Å². The van der Waals surface area contributed by atoms with E-state index in [0.29, 0.717) is 6.04 Å². The Labute approximate surface area is 133 Å². The molecule has 2 aliphatic heterocycles. The Kier molecular flexibility index (Phi) is 5.34. The average molecular weight is 304 g/mol. The highest BCUT2D eigenvalue weighted by molar-refractivity contribution is 5.45. The maximum Gasteiger partial charge on any atom is 0.123 e. The molecule has 0 aliphatic carbocycles. The molecule has 1 aromatic carbocycles. The summed E-state index contributed by atoms with van der Waals surface area (Å²) in [6.07, 6.45) is 3.52. The zero-order chi connectivity index (χ0) is 15.4. The predicted molar refractivity (Wildman–Crippen MR) is 88.4 cm³/mol. The van der Waals surface area contributed by atoms with E-state index in [2.05, 4.69) is 29.3 Å². The van der Waals surface area contributed by atoms with E-state index in [-0.39, 0.29) is 0 Å². The maximum absolute atomic E-state index is 5.69. The Balaban J connectivity index is 1.84. The third kappa shape index (κ3) is 3.45. The second-order valence-corrected chi connectivity index (χ2v) is 6.30. The molecule has 0 saturated carbocycles. The molecule has 1 saturated heterocycles. The van der Waals surface area contributed by atoms with E-state index in [4.69, 9.17) is 9.47 Å². The predicted octanol–water partition coefficient (Wildman–Crippen LogP) is 2.51. The van der Waals surface area contributed by atoms with Gasteiger partial charge >= 0.3 is 0 Å². The lowest BCUT2D eigenvalue weighted by atomic mass is 9.89. The largest absolute Gasteiger partial charge is 0.496 e. The fourth-order valence-corrected chi connectivity index (χ4v) is 3.58. The van der Waals surface area contributed by atoms with Gasteiger partial charge in [0.05, 0.1) is 20.3 Å². The number of hydrogen-bond acceptors (Lipinski definition) is 4. The van der Waals surface area contributed by atoms with Gasteiger partial charge in [0, 0.05) is 31.2 Å². The van der Waals surface area contributed by atoms with Crippen LogP contribution >= 0.6 is 0 Å². The van der Waals surface area contributed by atoms with Crippen LogP contribution in [0.5, 0.6) is 5.75 Å². The number of rotatable bonds is 5. The van der Waals surface area contributed by atoms with Gasteiger partial charge in [-0.2, -0.15) is 0 Å². The zero-order valence-electron chi connectivity index (χ0n) is 13.9. The summed E-state index contributed by atoms with van der Waals surface area (Å²) in [4.78, 5) is 2.46. The molecule has 1 N–H and O–H groups in total. The monoisotopic (exact) mass is 304 g/mol. The van der Waals surface area contributed by atoms with Crippen LogP contribution in [-0.4, -0.2) is 44.9 Å². The minimum Gasteiger partial charge on any atom is -0.496 e. The number of ether oxygens (including phenoxy) is 2. The SMILES string of the molecule is CCCC1NCCc2cc(CN3CCOCC3)c(OC)cc21. The fraction of sp³-hybridized carbons (Fsp3) is 0.667. The standard InChI is InChI=1S/C18H28N2O2/c1-3-4-17-16-12-18(21-2)15(11-14(16)5-6-19-17)13-20-7-9-22-10-8-20/h11-12,17,19H,3-10,13H2,1-2H3. The van der Waals surface area contributed by atoms with Crippen molar-refractivity contribution in [2.24, 2.45) is 0 Å². The zero-order valence-corrected chi connectivity index (χ0v) is 13.9. The summed E-state index contributed by atoms with van der Waals surface area (Å²) in [7, 11) is 1.79. The Morgan fingerprint density at radius 1 is 1.32 bits per heavy atom. The highest BCUT2D eigenvalue weighted by Crippen LogP contribution is 2.33. The molecule has 2 heterocycles. The first-order chi connectivity index (χ1) is 10.8. The van der Waals surface area contributed by atoms with E-state index in [1.54, 1.807) is 7.11 Å². The van der Waals surface area contributed by atoms with Crippen molar-refractivity contribution in [3.05, 3.63) is 28.8 Å². The van der Waals surface area contributed by atoms with Crippen molar-refractivity contribution in [1.82, 2.24) is 10.2 Å². The van der Waals surface area contributed by atoms with Gasteiger partial charge in [0.25, 0.3) is 0 Å². The fourth-order valence-electron chi connectivity index (χ4n) is 3.58. The first kappa shape index (κ1) is 15.8. The van der Waals surface area contributed by atoms with Crippen molar-refractivity contribution in [2.45, 2.75) is 38.8 Å². The summed E-state index contributed by atoms with van der Waals surface area (Å²) in [5.41, 5.74) is 4.26. The summed E-state index contributed by atoms with van der Waals surface area (Å²) < 4.78 is 11.1. The highest BCUT2D eigenvalue weighted by atomic mass is 16.5. The number of nitrogens with zero attached hydrogens (tertiary/aromatic N) is 1. The van der Waals surface area contributed by atoms with E-state index in [9.17, 15) is 0 Å². The van der Waals surface area contributed by atoms with Crippen molar-refractivity contribution < 1.29 is 9.47 Å². The number of fused-ring (bicyclic) bond motifs is 1. The van der Waals surface area contributed by atoms with E-state index in [1.807, 2.05) is 0 Å². The number of morpholine rings is 1. The van der Waals surface area contributed by atoms with E-state index >= 15 is 0 Å². The van der Waals surface area contributed by atoms with E-state index < -0.39 is 0 Å². The van der Waals surface area contributed by atoms with Crippen molar-refractivity contribution in [1.29, 1.82) is 0 Å². The molecule has 0 bridgehead atoms. The van der Waals surface area contributed by atoms with Crippen molar-refractivity contribution >= 4 is 0 Å². The molecule has 1 fully saturated rings. The second-order valence-electron chi connectivity index (χ2n) is 6.30. The molecule has 0 aromatic heterocycles. The molecular formula is C18H28N2O2. The van der Waals surface area contributed by atoms with Crippen molar-refractivity contribution in [3.8, 4) is 5.75 Å². The lowest BCUT2D eigenvalue weighted by molar-refractivity contribution is 0.0338. The molecule has 1 atom stereocenters. The summed E-state index contributed by atoms with van der Waals surface area (Å²) in [6.45, 7) is 8.01. The molecule has 4 heteroatoms. The number of methoxy groups -OCH3 is 1. The van der Waals surface area contributed by atoms with Crippen LogP contribution in [-0.2, 0) is 17.7 Å². The van der Waals surface area contributed by atoms with Gasteiger partial charge in [0.15, 0.2) is 0 Å². The highest BCUT2D eigenvalue weighted by Gasteiger charge is 2.22. The van der Waals surface area contributed by atoms with Gasteiger partial charge in [-0.1, -0.05) is 19.4 Å². The van der Waals surface area contributed by atoms with Gasteiger partial charge in [-0.3, -0.25) is 4.90 Å². The molecule has 122 valence electrons. The Bertz CT molecular complexity index is 498. The summed E-state index contributed by atoms with van der Waals surface area (Å²) in [5, 5.41) is 3.65. The number of benzene rings is 1. The van der Waals surface area contributed by atoms with Gasteiger partial charge in [-0.25, -0.2) is 0 Å². The van der Waals surface area contributed by atoms with Gasteiger partial charge in [0.2, 0.25) is 0 Å². The molecule has 0 amide bonds. The molecule has 4 nitrogen and oxygen atoms in total. The Hall–Kier alpha value is -1.10. The molecule has 0 spiro atoms. The average Bonchev–Trinajstić information content (AvgIpc) is 2.56. The minimum absolute atomic E-state index is 0.486. The van der Waals surface area contributed by atoms with Gasteiger partial charge < -0.3 is 14.8 Å². The topological polar surface area (TPSA) is 33.7 Å². The van der Waals surface area contributed by atoms with Crippen LogP contribution in [0, 0.1) is 0 Å². The quantitative estimate of drug-likeness (QED) is 0.906. The number of nitrogens with one attached hydrogen (secondary N) is 1. The van der Waals surface area contributed by atoms with Crippen LogP contribution in [0.25, 0.3) is 0 Å². The maximum atomic E-state index is 5.69. The first-order valence-electron chi connectivity index (χ1n) is 8.55. The van der Waals surface area contributed by atoms with Crippen LogP contribution in [0.4, 0.5) is 0 Å². The van der Waals surface area contributed by atoms with Crippen molar-refractivity contribution in [2.75, 3.05) is 40.0 Å². The third-order valence-electron chi connectivity index (χ3n) is 4.78. The van der Waals surface area contributed by atoms with Crippen LogP contribution in [0.15, 0.2) is 12.1 Å². The van der Waals surface area contributed by atoms with Crippen LogP contribution < -0.4 is 10.1 Å². The summed E-state index contributed by atoms with van der Waals surface area (Å²) in [5.74, 6) is 1.04. The molecule has 2 aliphatic rings. The van der Waals surface area contributed by atoms with Crippen LogP contribution in [0.3, 0.4) is 0 Å². The molecule has 1 aromatic rings. The smallest absolute Gasteiger partial charge is 0.123 e. The number of hydrogen-bond donors (Lipinski definition) is 1. The second kappa shape index (κ2) is 7.44. The first-order valence-corrected chi connectivity index (χ1v) is 8.55. The van der Waals surface area contributed by atoms with Gasteiger partial charge in [0.1, 0.15) is 5.75 Å². The van der Waals surface area contributed by atoms with Gasteiger partial charge in [-0.05, 0) is 36.6 Å². The third-order valence-corrected chi connectivity index (χ3v) is 4.78. The molecule has 3 rings (SSSR count). The molecule has 0 radical (unpaired) electrons. The van der Waals surface area contributed by atoms with E-state index in [0.717, 1.165) is 51.6 Å². The van der Waals surface area contributed by atoms with E-state index in [1.165, 1.54) is 29.5 Å².